The second-order valence-electron chi connectivity index (χ2n) is 4.44. The molecule has 0 fully saturated rings. The lowest BCUT2D eigenvalue weighted by Gasteiger charge is -2.14. The predicted octanol–water partition coefficient (Wildman–Crippen LogP) is 3.87. The smallest absolute Gasteiger partial charge is 0.165 e. The fourth-order valence-electron chi connectivity index (χ4n) is 1.97. The van der Waals surface area contributed by atoms with Crippen molar-refractivity contribution in [2.45, 2.75) is 12.5 Å². The minimum atomic E-state index is -0.525. The maximum atomic E-state index is 13.6. The maximum Gasteiger partial charge on any atom is 0.165 e. The lowest BCUT2D eigenvalue weighted by molar-refractivity contribution is 0.386. The zero-order valence-electron chi connectivity index (χ0n) is 10.9. The fourth-order valence-corrected chi connectivity index (χ4v) is 2.16. The summed E-state index contributed by atoms with van der Waals surface area (Å²) in [5.41, 5.74) is 6.97. The molecule has 0 aliphatic rings. The summed E-state index contributed by atoms with van der Waals surface area (Å²) in [6.45, 7) is 0. The highest BCUT2D eigenvalue weighted by atomic mass is 35.5. The van der Waals surface area contributed by atoms with E-state index in [2.05, 4.69) is 0 Å². The molecule has 5 heteroatoms. The zero-order valence-corrected chi connectivity index (χ0v) is 11.6. The van der Waals surface area contributed by atoms with E-state index in [1.54, 1.807) is 6.07 Å². The van der Waals surface area contributed by atoms with Crippen molar-refractivity contribution >= 4 is 11.6 Å². The molecule has 0 saturated heterocycles. The van der Waals surface area contributed by atoms with Crippen LogP contribution in [0.3, 0.4) is 0 Å². The van der Waals surface area contributed by atoms with Crippen LogP contribution in [0.1, 0.15) is 17.2 Å². The van der Waals surface area contributed by atoms with Crippen molar-refractivity contribution in [3.8, 4) is 5.75 Å². The highest BCUT2D eigenvalue weighted by Crippen LogP contribution is 2.24. The summed E-state index contributed by atoms with van der Waals surface area (Å²) < 4.78 is 32.1. The summed E-state index contributed by atoms with van der Waals surface area (Å²) in [7, 11) is 1.39. The fraction of sp³-hybridized carbons (Fsp3) is 0.200. The minimum Gasteiger partial charge on any atom is -0.494 e. The van der Waals surface area contributed by atoms with Crippen LogP contribution in [0.2, 0.25) is 5.02 Å². The molecule has 1 atom stereocenters. The first-order valence-electron chi connectivity index (χ1n) is 6.04. The monoisotopic (exact) mass is 297 g/mol. The third-order valence-corrected chi connectivity index (χ3v) is 3.29. The van der Waals surface area contributed by atoms with Gasteiger partial charge in [-0.25, -0.2) is 8.78 Å². The molecule has 0 bridgehead atoms. The second kappa shape index (κ2) is 6.20. The predicted molar refractivity (Wildman–Crippen MR) is 75.0 cm³/mol. The van der Waals surface area contributed by atoms with Gasteiger partial charge in [-0.2, -0.15) is 0 Å². The number of halogens is 3. The van der Waals surface area contributed by atoms with Crippen LogP contribution in [-0.4, -0.2) is 7.11 Å². The molecule has 0 aliphatic carbocycles. The van der Waals surface area contributed by atoms with Gasteiger partial charge in [-0.1, -0.05) is 17.7 Å². The van der Waals surface area contributed by atoms with Crippen molar-refractivity contribution in [3.63, 3.8) is 0 Å². The first-order valence-corrected chi connectivity index (χ1v) is 6.42. The average Bonchev–Trinajstić information content (AvgIpc) is 2.42. The Hall–Kier alpha value is -1.65. The molecule has 0 amide bonds. The number of methoxy groups -OCH3 is 1. The molecule has 1 unspecified atom stereocenters. The quantitative estimate of drug-likeness (QED) is 0.930. The second-order valence-corrected chi connectivity index (χ2v) is 4.88. The Morgan fingerprint density at radius 1 is 1.15 bits per heavy atom. The van der Waals surface area contributed by atoms with E-state index in [4.69, 9.17) is 22.1 Å². The van der Waals surface area contributed by atoms with Crippen LogP contribution in [0.15, 0.2) is 36.4 Å². The molecule has 2 nitrogen and oxygen atoms in total. The van der Waals surface area contributed by atoms with Crippen LogP contribution in [0.4, 0.5) is 8.78 Å². The van der Waals surface area contributed by atoms with Gasteiger partial charge in [0.15, 0.2) is 11.6 Å². The third kappa shape index (κ3) is 3.26. The van der Waals surface area contributed by atoms with E-state index in [1.165, 1.54) is 37.4 Å². The van der Waals surface area contributed by atoms with Crippen LogP contribution in [0.25, 0.3) is 0 Å². The van der Waals surface area contributed by atoms with E-state index in [0.29, 0.717) is 16.1 Å². The van der Waals surface area contributed by atoms with E-state index in [-0.39, 0.29) is 18.0 Å². The lowest BCUT2D eigenvalue weighted by atomic mass is 9.99. The van der Waals surface area contributed by atoms with Crippen molar-refractivity contribution in [2.24, 2.45) is 5.73 Å². The topological polar surface area (TPSA) is 35.2 Å². The van der Waals surface area contributed by atoms with Crippen molar-refractivity contribution in [2.75, 3.05) is 7.11 Å². The van der Waals surface area contributed by atoms with Crippen LogP contribution in [-0.2, 0) is 6.42 Å². The molecule has 2 N–H and O–H groups in total. The highest BCUT2D eigenvalue weighted by Gasteiger charge is 2.13. The van der Waals surface area contributed by atoms with Gasteiger partial charge in [-0.15, -0.1) is 0 Å². The van der Waals surface area contributed by atoms with E-state index < -0.39 is 11.9 Å². The van der Waals surface area contributed by atoms with Gasteiger partial charge in [-0.05, 0) is 47.9 Å². The van der Waals surface area contributed by atoms with Gasteiger partial charge in [0, 0.05) is 11.1 Å². The Kier molecular flexibility index (Phi) is 4.57. The summed E-state index contributed by atoms with van der Waals surface area (Å²) in [5, 5.41) is 0.439. The summed E-state index contributed by atoms with van der Waals surface area (Å²) in [6.07, 6.45) is 0.234. The Morgan fingerprint density at radius 2 is 1.90 bits per heavy atom. The molecular weight excluding hydrogens is 284 g/mol. The minimum absolute atomic E-state index is 0.148. The normalized spacial score (nSPS) is 12.2. The van der Waals surface area contributed by atoms with E-state index in [1.807, 2.05) is 0 Å². The summed E-state index contributed by atoms with van der Waals surface area (Å²) in [5.74, 6) is -0.722. The number of benzene rings is 2. The lowest BCUT2D eigenvalue weighted by Crippen LogP contribution is -2.14. The summed E-state index contributed by atoms with van der Waals surface area (Å²) >= 11 is 5.83. The molecule has 0 aromatic heterocycles. The molecular formula is C15H14ClF2NO. The molecule has 2 aromatic carbocycles. The van der Waals surface area contributed by atoms with Crippen molar-refractivity contribution in [3.05, 3.63) is 64.2 Å². The van der Waals surface area contributed by atoms with Crippen LogP contribution in [0, 0.1) is 11.6 Å². The van der Waals surface area contributed by atoms with Crippen LogP contribution >= 0.6 is 11.6 Å². The molecule has 0 heterocycles. The number of hydrogen-bond donors (Lipinski definition) is 1. The van der Waals surface area contributed by atoms with Gasteiger partial charge in [-0.3, -0.25) is 0 Å². The average molecular weight is 298 g/mol. The van der Waals surface area contributed by atoms with Gasteiger partial charge >= 0.3 is 0 Å². The number of nitrogens with two attached hydrogens (primary N) is 1. The van der Waals surface area contributed by atoms with Gasteiger partial charge in [0.05, 0.1) is 7.11 Å². The van der Waals surface area contributed by atoms with Crippen LogP contribution < -0.4 is 10.5 Å². The molecule has 0 aliphatic heterocycles. The van der Waals surface area contributed by atoms with Crippen molar-refractivity contribution in [1.29, 1.82) is 0 Å². The Morgan fingerprint density at radius 3 is 2.55 bits per heavy atom. The molecule has 106 valence electrons. The third-order valence-electron chi connectivity index (χ3n) is 3.05. The zero-order chi connectivity index (χ0) is 14.7. The highest BCUT2D eigenvalue weighted by molar-refractivity contribution is 6.30. The Bertz CT molecular complexity index is 619. The van der Waals surface area contributed by atoms with E-state index >= 15 is 0 Å². The number of hydrogen-bond acceptors (Lipinski definition) is 2. The largest absolute Gasteiger partial charge is 0.494 e. The molecule has 0 radical (unpaired) electrons. The van der Waals surface area contributed by atoms with Gasteiger partial charge in [0.25, 0.3) is 0 Å². The molecule has 0 spiro atoms. The first-order chi connectivity index (χ1) is 9.51. The summed E-state index contributed by atoms with van der Waals surface area (Å²) in [4.78, 5) is 0. The van der Waals surface area contributed by atoms with Gasteiger partial charge in [0.1, 0.15) is 5.82 Å². The van der Waals surface area contributed by atoms with Gasteiger partial charge in [0.2, 0.25) is 0 Å². The van der Waals surface area contributed by atoms with E-state index in [0.717, 1.165) is 0 Å². The SMILES string of the molecule is COc1ccc(C(N)Cc2cc(Cl)ccc2F)cc1F. The molecule has 20 heavy (non-hydrogen) atoms. The van der Waals surface area contributed by atoms with Crippen LogP contribution in [0.5, 0.6) is 5.75 Å². The van der Waals surface area contributed by atoms with Crippen molar-refractivity contribution < 1.29 is 13.5 Å². The first kappa shape index (κ1) is 14.8. The van der Waals surface area contributed by atoms with Crippen molar-refractivity contribution in [1.82, 2.24) is 0 Å². The van der Waals surface area contributed by atoms with E-state index in [9.17, 15) is 8.78 Å². The molecule has 0 saturated carbocycles. The Balaban J connectivity index is 2.21. The van der Waals surface area contributed by atoms with Gasteiger partial charge < -0.3 is 10.5 Å². The summed E-state index contributed by atoms with van der Waals surface area (Å²) in [6, 6.07) is 8.22. The molecule has 2 rings (SSSR count). The molecule has 2 aromatic rings. The maximum absolute atomic E-state index is 13.6. The number of ether oxygens (including phenoxy) is 1. The standard InChI is InChI=1S/C15H14ClF2NO/c1-20-15-5-2-9(7-13(15)18)14(19)8-10-6-11(16)3-4-12(10)17/h2-7,14H,8,19H2,1H3. The Labute approximate surface area is 121 Å². The number of rotatable bonds is 4.